The molecule has 0 aromatic rings. The van der Waals surface area contributed by atoms with Crippen molar-refractivity contribution in [1.29, 1.82) is 5.26 Å². The van der Waals surface area contributed by atoms with E-state index in [-0.39, 0.29) is 5.54 Å². The number of rotatable bonds is 5. The fourth-order valence-electron chi connectivity index (χ4n) is 3.36. The molecule has 3 saturated carbocycles. The summed E-state index contributed by atoms with van der Waals surface area (Å²) in [5, 5.41) is 13.2. The molecule has 0 aromatic heterocycles. The van der Waals surface area contributed by atoms with Crippen molar-refractivity contribution in [3.8, 4) is 6.07 Å². The molecule has 3 nitrogen and oxygen atoms in total. The van der Waals surface area contributed by atoms with E-state index in [0.717, 1.165) is 18.8 Å². The van der Waals surface area contributed by atoms with Crippen LogP contribution in [0.15, 0.2) is 0 Å². The van der Waals surface area contributed by atoms with E-state index in [0.29, 0.717) is 12.1 Å². The standard InChI is InChI=1S/C15H25N3/c1-18(10-12-4-5-12)14-3-2-8-15(9-14,11-16)17-13-6-7-13/h12-14,17H,2-10H2,1H3. The Morgan fingerprint density at radius 1 is 1.28 bits per heavy atom. The van der Waals surface area contributed by atoms with Crippen LogP contribution in [0.1, 0.15) is 51.4 Å². The van der Waals surface area contributed by atoms with Gasteiger partial charge in [0.15, 0.2) is 0 Å². The minimum Gasteiger partial charge on any atom is -0.303 e. The molecule has 0 aromatic carbocycles. The summed E-state index contributed by atoms with van der Waals surface area (Å²) < 4.78 is 0. The number of nitrogens with one attached hydrogen (secondary N) is 1. The van der Waals surface area contributed by atoms with Crippen molar-refractivity contribution < 1.29 is 0 Å². The van der Waals surface area contributed by atoms with Gasteiger partial charge in [0.2, 0.25) is 0 Å². The van der Waals surface area contributed by atoms with E-state index >= 15 is 0 Å². The Balaban J connectivity index is 1.59. The van der Waals surface area contributed by atoms with Gasteiger partial charge in [-0.2, -0.15) is 5.26 Å². The molecule has 0 amide bonds. The summed E-state index contributed by atoms with van der Waals surface area (Å²) in [6.45, 7) is 1.25. The van der Waals surface area contributed by atoms with E-state index in [9.17, 15) is 5.26 Å². The van der Waals surface area contributed by atoms with Crippen molar-refractivity contribution in [3.05, 3.63) is 0 Å². The molecule has 2 unspecified atom stereocenters. The number of nitriles is 1. The van der Waals surface area contributed by atoms with Crippen LogP contribution in [0.5, 0.6) is 0 Å². The van der Waals surface area contributed by atoms with E-state index in [1.54, 1.807) is 0 Å². The Hall–Kier alpha value is -0.590. The van der Waals surface area contributed by atoms with Crippen LogP contribution in [-0.2, 0) is 0 Å². The number of nitrogens with zero attached hydrogens (tertiary/aromatic N) is 2. The zero-order chi connectivity index (χ0) is 12.6. The Morgan fingerprint density at radius 2 is 2.06 bits per heavy atom. The van der Waals surface area contributed by atoms with E-state index in [1.165, 1.54) is 45.1 Å². The highest BCUT2D eigenvalue weighted by molar-refractivity contribution is 5.13. The monoisotopic (exact) mass is 247 g/mol. The van der Waals surface area contributed by atoms with Gasteiger partial charge in [-0.1, -0.05) is 0 Å². The van der Waals surface area contributed by atoms with Gasteiger partial charge < -0.3 is 4.90 Å². The van der Waals surface area contributed by atoms with Gasteiger partial charge in [0, 0.05) is 18.6 Å². The highest BCUT2D eigenvalue weighted by atomic mass is 15.2. The number of hydrogen-bond donors (Lipinski definition) is 1. The van der Waals surface area contributed by atoms with Gasteiger partial charge >= 0.3 is 0 Å². The van der Waals surface area contributed by atoms with E-state index in [2.05, 4.69) is 23.3 Å². The summed E-state index contributed by atoms with van der Waals surface area (Å²) in [6.07, 6.45) is 9.93. The van der Waals surface area contributed by atoms with Gasteiger partial charge in [-0.3, -0.25) is 5.32 Å². The first-order valence-corrected chi connectivity index (χ1v) is 7.60. The fraction of sp³-hybridized carbons (Fsp3) is 0.933. The van der Waals surface area contributed by atoms with Crippen molar-refractivity contribution in [2.45, 2.75) is 69.0 Å². The molecule has 0 spiro atoms. The lowest BCUT2D eigenvalue weighted by Crippen LogP contribution is -2.53. The summed E-state index contributed by atoms with van der Waals surface area (Å²) >= 11 is 0. The molecule has 0 bridgehead atoms. The second kappa shape index (κ2) is 4.83. The first-order valence-electron chi connectivity index (χ1n) is 7.60. The minimum absolute atomic E-state index is 0.220. The first kappa shape index (κ1) is 12.4. The van der Waals surface area contributed by atoms with Crippen molar-refractivity contribution in [3.63, 3.8) is 0 Å². The maximum absolute atomic E-state index is 9.58. The van der Waals surface area contributed by atoms with E-state index < -0.39 is 0 Å². The molecule has 0 aliphatic heterocycles. The molecule has 18 heavy (non-hydrogen) atoms. The smallest absolute Gasteiger partial charge is 0.108 e. The maximum Gasteiger partial charge on any atom is 0.108 e. The molecule has 3 heteroatoms. The topological polar surface area (TPSA) is 39.1 Å². The SMILES string of the molecule is CN(CC1CC1)C1CCCC(C#N)(NC2CC2)C1. The molecule has 2 atom stereocenters. The summed E-state index contributed by atoms with van der Waals surface area (Å²) in [6, 6.07) is 3.86. The molecule has 3 aliphatic carbocycles. The molecule has 3 rings (SSSR count). The predicted molar refractivity (Wildman–Crippen MR) is 72.1 cm³/mol. The zero-order valence-corrected chi connectivity index (χ0v) is 11.5. The minimum atomic E-state index is -0.220. The summed E-state index contributed by atoms with van der Waals surface area (Å²) in [7, 11) is 2.26. The number of hydrogen-bond acceptors (Lipinski definition) is 3. The fourth-order valence-corrected chi connectivity index (χ4v) is 3.36. The maximum atomic E-state index is 9.58. The molecule has 0 radical (unpaired) electrons. The second-order valence-electron chi connectivity index (χ2n) is 6.75. The van der Waals surface area contributed by atoms with Crippen LogP contribution in [0.4, 0.5) is 0 Å². The van der Waals surface area contributed by atoms with Crippen LogP contribution in [0, 0.1) is 17.2 Å². The molecule has 1 N–H and O–H groups in total. The molecule has 3 fully saturated rings. The van der Waals surface area contributed by atoms with E-state index in [1.807, 2.05) is 0 Å². The van der Waals surface area contributed by atoms with Crippen molar-refractivity contribution in [1.82, 2.24) is 10.2 Å². The third-order valence-electron chi connectivity index (χ3n) is 4.86. The van der Waals surface area contributed by atoms with E-state index in [4.69, 9.17) is 0 Å². The van der Waals surface area contributed by atoms with Crippen LogP contribution in [-0.4, -0.2) is 36.1 Å². The summed E-state index contributed by atoms with van der Waals surface area (Å²) in [5.74, 6) is 0.949. The van der Waals surface area contributed by atoms with Gasteiger partial charge in [0.05, 0.1) is 6.07 Å². The molecule has 100 valence electrons. The van der Waals surface area contributed by atoms with Crippen molar-refractivity contribution >= 4 is 0 Å². The quantitative estimate of drug-likeness (QED) is 0.810. The largest absolute Gasteiger partial charge is 0.303 e. The van der Waals surface area contributed by atoms with Crippen LogP contribution in [0.25, 0.3) is 0 Å². The van der Waals surface area contributed by atoms with Gasteiger partial charge in [0.25, 0.3) is 0 Å². The van der Waals surface area contributed by atoms with Crippen molar-refractivity contribution in [2.24, 2.45) is 5.92 Å². The predicted octanol–water partition coefficient (Wildman–Crippen LogP) is 2.29. The van der Waals surface area contributed by atoms with Crippen LogP contribution in [0.2, 0.25) is 0 Å². The van der Waals surface area contributed by atoms with Crippen molar-refractivity contribution in [2.75, 3.05) is 13.6 Å². The highest BCUT2D eigenvalue weighted by Gasteiger charge is 2.41. The Bertz CT molecular complexity index is 340. The van der Waals surface area contributed by atoms with Gasteiger partial charge in [-0.15, -0.1) is 0 Å². The summed E-state index contributed by atoms with van der Waals surface area (Å²) in [4.78, 5) is 2.53. The molecule has 3 aliphatic rings. The average molecular weight is 247 g/mol. The second-order valence-corrected chi connectivity index (χ2v) is 6.75. The summed E-state index contributed by atoms with van der Waals surface area (Å²) in [5.41, 5.74) is -0.220. The normalized spacial score (nSPS) is 36.6. The lowest BCUT2D eigenvalue weighted by molar-refractivity contribution is 0.139. The Labute approximate surface area is 111 Å². The van der Waals surface area contributed by atoms with Gasteiger partial charge in [-0.05, 0) is 64.3 Å². The lowest BCUT2D eigenvalue weighted by Gasteiger charge is -2.40. The molecular formula is C15H25N3. The molecule has 0 heterocycles. The van der Waals surface area contributed by atoms with Crippen LogP contribution in [0.3, 0.4) is 0 Å². The Kier molecular flexibility index (Phi) is 3.34. The van der Waals surface area contributed by atoms with Crippen LogP contribution < -0.4 is 5.32 Å². The first-order chi connectivity index (χ1) is 8.71. The lowest BCUT2D eigenvalue weighted by atomic mass is 9.79. The third-order valence-corrected chi connectivity index (χ3v) is 4.86. The van der Waals surface area contributed by atoms with Gasteiger partial charge in [0.1, 0.15) is 5.54 Å². The Morgan fingerprint density at radius 3 is 2.67 bits per heavy atom. The van der Waals surface area contributed by atoms with Gasteiger partial charge in [-0.25, -0.2) is 0 Å². The van der Waals surface area contributed by atoms with Crippen LogP contribution >= 0.6 is 0 Å². The molecular weight excluding hydrogens is 222 g/mol. The zero-order valence-electron chi connectivity index (χ0n) is 11.5. The molecule has 0 saturated heterocycles. The third kappa shape index (κ3) is 2.87. The highest BCUT2D eigenvalue weighted by Crippen LogP contribution is 2.36. The average Bonchev–Trinajstić information content (AvgIpc) is 3.26.